The van der Waals surface area contributed by atoms with E-state index < -0.39 is 0 Å². The first-order valence-electron chi connectivity index (χ1n) is 5.34. The maximum absolute atomic E-state index is 3.57. The van der Waals surface area contributed by atoms with E-state index in [9.17, 15) is 0 Å². The lowest BCUT2D eigenvalue weighted by molar-refractivity contribution is 0.620. The standard InChI is InChI=1S/C11H18N2/c1-2-4-6-10(5-3-1)13-11-7-8-12-9-11/h7-10,12-13H,1-6H2. The molecule has 1 saturated carbocycles. The highest BCUT2D eigenvalue weighted by Gasteiger charge is 2.11. The first kappa shape index (κ1) is 8.67. The molecular formula is C11H18N2. The third-order valence-corrected chi connectivity index (χ3v) is 2.82. The average Bonchev–Trinajstić information content (AvgIpc) is 2.49. The van der Waals surface area contributed by atoms with Gasteiger partial charge in [-0.05, 0) is 18.9 Å². The SMILES string of the molecule is c1cc(NC2CCCCCC2)c[nH]1. The van der Waals surface area contributed by atoms with Gasteiger partial charge in [0.2, 0.25) is 0 Å². The summed E-state index contributed by atoms with van der Waals surface area (Å²) < 4.78 is 0. The monoisotopic (exact) mass is 178 g/mol. The smallest absolute Gasteiger partial charge is 0.0519 e. The van der Waals surface area contributed by atoms with Crippen molar-refractivity contribution in [1.82, 2.24) is 4.98 Å². The highest BCUT2D eigenvalue weighted by molar-refractivity contribution is 5.41. The van der Waals surface area contributed by atoms with Crippen molar-refractivity contribution in [2.75, 3.05) is 5.32 Å². The minimum absolute atomic E-state index is 0.707. The van der Waals surface area contributed by atoms with E-state index >= 15 is 0 Å². The van der Waals surface area contributed by atoms with Gasteiger partial charge in [-0.1, -0.05) is 25.7 Å². The fourth-order valence-electron chi connectivity index (χ4n) is 2.07. The van der Waals surface area contributed by atoms with Crippen LogP contribution in [0.25, 0.3) is 0 Å². The van der Waals surface area contributed by atoms with Crippen molar-refractivity contribution in [2.24, 2.45) is 0 Å². The Morgan fingerprint density at radius 2 is 1.92 bits per heavy atom. The molecule has 1 heterocycles. The molecule has 0 aliphatic heterocycles. The molecule has 2 rings (SSSR count). The third-order valence-electron chi connectivity index (χ3n) is 2.82. The molecule has 0 radical (unpaired) electrons. The molecule has 0 saturated heterocycles. The predicted molar refractivity (Wildman–Crippen MR) is 55.9 cm³/mol. The van der Waals surface area contributed by atoms with E-state index in [4.69, 9.17) is 0 Å². The zero-order valence-electron chi connectivity index (χ0n) is 8.05. The molecule has 0 bridgehead atoms. The molecule has 0 spiro atoms. The van der Waals surface area contributed by atoms with Gasteiger partial charge in [0.25, 0.3) is 0 Å². The minimum atomic E-state index is 0.707. The van der Waals surface area contributed by atoms with Crippen LogP contribution in [0, 0.1) is 0 Å². The van der Waals surface area contributed by atoms with Crippen LogP contribution in [0.15, 0.2) is 18.5 Å². The molecule has 1 aromatic heterocycles. The second kappa shape index (κ2) is 4.35. The number of anilines is 1. The molecule has 2 heteroatoms. The van der Waals surface area contributed by atoms with E-state index in [0.29, 0.717) is 6.04 Å². The summed E-state index contributed by atoms with van der Waals surface area (Å²) in [5.41, 5.74) is 1.24. The van der Waals surface area contributed by atoms with E-state index in [0.717, 1.165) is 0 Å². The van der Waals surface area contributed by atoms with Crippen molar-refractivity contribution in [3.8, 4) is 0 Å². The molecule has 0 atom stereocenters. The lowest BCUT2D eigenvalue weighted by Crippen LogP contribution is -2.17. The van der Waals surface area contributed by atoms with Crippen molar-refractivity contribution in [3.05, 3.63) is 18.5 Å². The van der Waals surface area contributed by atoms with Gasteiger partial charge in [0.05, 0.1) is 5.69 Å². The molecule has 1 aromatic rings. The predicted octanol–water partition coefficient (Wildman–Crippen LogP) is 3.15. The van der Waals surface area contributed by atoms with Crippen LogP contribution < -0.4 is 5.32 Å². The molecule has 2 nitrogen and oxygen atoms in total. The van der Waals surface area contributed by atoms with Gasteiger partial charge in [-0.25, -0.2) is 0 Å². The summed E-state index contributed by atoms with van der Waals surface area (Å²) in [6.07, 6.45) is 12.3. The van der Waals surface area contributed by atoms with Crippen LogP contribution in [0.4, 0.5) is 5.69 Å². The zero-order chi connectivity index (χ0) is 8.93. The molecule has 72 valence electrons. The Morgan fingerprint density at radius 1 is 1.15 bits per heavy atom. The summed E-state index contributed by atoms with van der Waals surface area (Å²) in [6.45, 7) is 0. The van der Waals surface area contributed by atoms with Gasteiger partial charge in [0.1, 0.15) is 0 Å². The third kappa shape index (κ3) is 2.51. The van der Waals surface area contributed by atoms with Gasteiger partial charge in [-0.2, -0.15) is 0 Å². The Balaban J connectivity index is 1.86. The van der Waals surface area contributed by atoms with E-state index in [1.165, 1.54) is 44.2 Å². The summed E-state index contributed by atoms with van der Waals surface area (Å²) in [7, 11) is 0. The van der Waals surface area contributed by atoms with Gasteiger partial charge in [-0.3, -0.25) is 0 Å². The van der Waals surface area contributed by atoms with Crippen LogP contribution in [-0.4, -0.2) is 11.0 Å². The van der Waals surface area contributed by atoms with E-state index in [2.05, 4.69) is 16.4 Å². The molecule has 13 heavy (non-hydrogen) atoms. The quantitative estimate of drug-likeness (QED) is 0.669. The van der Waals surface area contributed by atoms with Crippen LogP contribution >= 0.6 is 0 Å². The maximum Gasteiger partial charge on any atom is 0.0519 e. The van der Waals surface area contributed by atoms with Crippen molar-refractivity contribution in [1.29, 1.82) is 0 Å². The maximum atomic E-state index is 3.57. The lowest BCUT2D eigenvalue weighted by atomic mass is 10.1. The second-order valence-electron chi connectivity index (χ2n) is 3.93. The van der Waals surface area contributed by atoms with Gasteiger partial charge in [-0.15, -0.1) is 0 Å². The normalized spacial score (nSPS) is 19.7. The Bertz CT molecular complexity index is 220. The van der Waals surface area contributed by atoms with E-state index in [1.54, 1.807) is 0 Å². The first-order chi connectivity index (χ1) is 6.45. The summed E-state index contributed by atoms with van der Waals surface area (Å²) in [5, 5.41) is 3.57. The number of H-pyrrole nitrogens is 1. The van der Waals surface area contributed by atoms with Crippen LogP contribution in [0.5, 0.6) is 0 Å². The second-order valence-corrected chi connectivity index (χ2v) is 3.93. The van der Waals surface area contributed by atoms with Crippen molar-refractivity contribution in [3.63, 3.8) is 0 Å². The van der Waals surface area contributed by atoms with Crippen molar-refractivity contribution < 1.29 is 0 Å². The van der Waals surface area contributed by atoms with Gasteiger partial charge in [0.15, 0.2) is 0 Å². The lowest BCUT2D eigenvalue weighted by Gasteiger charge is -2.15. The summed E-state index contributed by atoms with van der Waals surface area (Å²) in [4.78, 5) is 3.07. The molecule has 1 aliphatic carbocycles. The fourth-order valence-corrected chi connectivity index (χ4v) is 2.07. The molecule has 0 aromatic carbocycles. The fraction of sp³-hybridized carbons (Fsp3) is 0.636. The number of aromatic nitrogens is 1. The van der Waals surface area contributed by atoms with Gasteiger partial charge >= 0.3 is 0 Å². The number of nitrogens with one attached hydrogen (secondary N) is 2. The Morgan fingerprint density at radius 3 is 2.54 bits per heavy atom. The van der Waals surface area contributed by atoms with Gasteiger partial charge in [0, 0.05) is 18.4 Å². The Hall–Kier alpha value is -0.920. The average molecular weight is 178 g/mol. The summed E-state index contributed by atoms with van der Waals surface area (Å²) in [6, 6.07) is 2.81. The number of rotatable bonds is 2. The molecule has 2 N–H and O–H groups in total. The molecular weight excluding hydrogens is 160 g/mol. The Kier molecular flexibility index (Phi) is 2.90. The summed E-state index contributed by atoms with van der Waals surface area (Å²) in [5.74, 6) is 0. The molecule has 0 amide bonds. The molecule has 1 aliphatic rings. The minimum Gasteiger partial charge on any atom is -0.381 e. The molecule has 1 fully saturated rings. The number of hydrogen-bond acceptors (Lipinski definition) is 1. The van der Waals surface area contributed by atoms with Crippen LogP contribution in [0.1, 0.15) is 38.5 Å². The Labute approximate surface area is 79.7 Å². The van der Waals surface area contributed by atoms with Gasteiger partial charge < -0.3 is 10.3 Å². The van der Waals surface area contributed by atoms with Crippen molar-refractivity contribution >= 4 is 5.69 Å². The first-order valence-corrected chi connectivity index (χ1v) is 5.34. The van der Waals surface area contributed by atoms with Crippen LogP contribution in [0.3, 0.4) is 0 Å². The zero-order valence-corrected chi connectivity index (χ0v) is 8.05. The molecule has 0 unspecified atom stereocenters. The van der Waals surface area contributed by atoms with Crippen LogP contribution in [-0.2, 0) is 0 Å². The van der Waals surface area contributed by atoms with Crippen LogP contribution in [0.2, 0.25) is 0 Å². The largest absolute Gasteiger partial charge is 0.381 e. The highest BCUT2D eigenvalue weighted by Crippen LogP contribution is 2.20. The summed E-state index contributed by atoms with van der Waals surface area (Å²) >= 11 is 0. The number of aromatic amines is 1. The van der Waals surface area contributed by atoms with Crippen molar-refractivity contribution in [2.45, 2.75) is 44.6 Å². The topological polar surface area (TPSA) is 27.8 Å². The van der Waals surface area contributed by atoms with E-state index in [1.807, 2.05) is 12.4 Å². The van der Waals surface area contributed by atoms with E-state index in [-0.39, 0.29) is 0 Å². The number of hydrogen-bond donors (Lipinski definition) is 2. The highest BCUT2D eigenvalue weighted by atomic mass is 14.9.